The fourth-order valence-corrected chi connectivity index (χ4v) is 3.70. The van der Waals surface area contributed by atoms with Gasteiger partial charge in [0.1, 0.15) is 11.8 Å². The van der Waals surface area contributed by atoms with E-state index < -0.39 is 9.84 Å². The topological polar surface area (TPSA) is 64.3 Å². The number of hydrogen-bond donors (Lipinski definition) is 0. The molecule has 0 unspecified atom stereocenters. The van der Waals surface area contributed by atoms with Gasteiger partial charge in [0.05, 0.1) is 16.7 Å². The van der Waals surface area contributed by atoms with Crippen LogP contribution in [0.1, 0.15) is 24.0 Å². The van der Waals surface area contributed by atoms with Crippen LogP contribution in [-0.2, 0) is 15.6 Å². The lowest BCUT2D eigenvalue weighted by atomic mass is 10.0. The van der Waals surface area contributed by atoms with Gasteiger partial charge in [-0.1, -0.05) is 36.1 Å². The number of benzene rings is 2. The maximum absolute atomic E-state index is 12.8. The minimum Gasteiger partial charge on any atom is -0.463 e. The maximum atomic E-state index is 12.8. The van der Waals surface area contributed by atoms with Crippen LogP contribution in [0.5, 0.6) is 0 Å². The molecule has 1 aliphatic carbocycles. The summed E-state index contributed by atoms with van der Waals surface area (Å²) in [5.41, 5.74) is 3.07. The molecular formula is C22H18O4S. The van der Waals surface area contributed by atoms with Crippen LogP contribution in [0.2, 0.25) is 0 Å². The molecular weight excluding hydrogens is 360 g/mol. The predicted molar refractivity (Wildman–Crippen MR) is 106 cm³/mol. The van der Waals surface area contributed by atoms with Gasteiger partial charge in [0.2, 0.25) is 0 Å². The Balaban J connectivity index is 1.68. The van der Waals surface area contributed by atoms with Crippen molar-refractivity contribution in [1.29, 1.82) is 0 Å². The van der Waals surface area contributed by atoms with Crippen LogP contribution in [0.15, 0.2) is 57.9 Å². The molecule has 0 bridgehead atoms. The highest BCUT2D eigenvalue weighted by atomic mass is 32.2. The molecule has 27 heavy (non-hydrogen) atoms. The van der Waals surface area contributed by atoms with Crippen LogP contribution in [-0.4, -0.2) is 14.7 Å². The SMILES string of the molecule is CS(=O)(=O)Cc1ccc(-c2coc3cc(C#CC4CC4)ccc3c2=O)cc1. The van der Waals surface area contributed by atoms with Gasteiger partial charge in [-0.25, -0.2) is 8.42 Å². The lowest BCUT2D eigenvalue weighted by molar-refractivity contribution is 0.601. The Kier molecular flexibility index (Phi) is 4.37. The Morgan fingerprint density at radius 1 is 1.11 bits per heavy atom. The molecule has 0 atom stereocenters. The summed E-state index contributed by atoms with van der Waals surface area (Å²) < 4.78 is 28.5. The molecule has 0 radical (unpaired) electrons. The quantitative estimate of drug-likeness (QED) is 0.651. The maximum Gasteiger partial charge on any atom is 0.200 e. The summed E-state index contributed by atoms with van der Waals surface area (Å²) in [4.78, 5) is 12.8. The second-order valence-corrected chi connectivity index (χ2v) is 9.14. The molecule has 0 spiro atoms. The number of fused-ring (bicyclic) bond motifs is 1. The summed E-state index contributed by atoms with van der Waals surface area (Å²) in [6.07, 6.45) is 4.99. The first kappa shape index (κ1) is 17.6. The van der Waals surface area contributed by atoms with Gasteiger partial charge in [0.15, 0.2) is 15.3 Å². The summed E-state index contributed by atoms with van der Waals surface area (Å²) in [6.45, 7) is 0. The van der Waals surface area contributed by atoms with Crippen LogP contribution in [0, 0.1) is 17.8 Å². The number of hydrogen-bond acceptors (Lipinski definition) is 4. The molecule has 0 saturated heterocycles. The molecule has 1 aromatic heterocycles. The first-order valence-corrected chi connectivity index (χ1v) is 10.8. The molecule has 3 aromatic rings. The molecule has 2 aromatic carbocycles. The van der Waals surface area contributed by atoms with Crippen LogP contribution in [0.25, 0.3) is 22.1 Å². The standard InChI is InChI=1S/C22H18O4S/c1-27(24,25)14-17-6-9-18(10-7-17)20-13-26-21-12-16(5-4-15-2-3-15)8-11-19(21)22(20)23/h6-13,15H,2-3,14H2,1H3. The van der Waals surface area contributed by atoms with Crippen molar-refractivity contribution >= 4 is 20.8 Å². The average Bonchev–Trinajstić information content (AvgIpc) is 3.44. The van der Waals surface area contributed by atoms with E-state index in [0.717, 1.165) is 5.56 Å². The molecule has 1 heterocycles. The first-order valence-electron chi connectivity index (χ1n) is 8.73. The van der Waals surface area contributed by atoms with Crippen molar-refractivity contribution in [3.8, 4) is 23.0 Å². The van der Waals surface area contributed by atoms with E-state index in [1.165, 1.54) is 25.4 Å². The summed E-state index contributed by atoms with van der Waals surface area (Å²) in [6, 6.07) is 12.3. The first-order chi connectivity index (χ1) is 12.9. The fourth-order valence-electron chi connectivity index (χ4n) is 2.90. The summed E-state index contributed by atoms with van der Waals surface area (Å²) in [7, 11) is -3.09. The lowest BCUT2D eigenvalue weighted by Gasteiger charge is -2.05. The third-order valence-corrected chi connectivity index (χ3v) is 5.32. The summed E-state index contributed by atoms with van der Waals surface area (Å²) in [5.74, 6) is 6.82. The largest absolute Gasteiger partial charge is 0.463 e. The zero-order valence-electron chi connectivity index (χ0n) is 14.9. The van der Waals surface area contributed by atoms with Crippen LogP contribution in [0.4, 0.5) is 0 Å². The van der Waals surface area contributed by atoms with Crippen molar-refractivity contribution in [3.05, 3.63) is 70.1 Å². The fraction of sp³-hybridized carbons (Fsp3) is 0.227. The molecule has 0 aliphatic heterocycles. The average molecular weight is 378 g/mol. The zero-order valence-corrected chi connectivity index (χ0v) is 15.7. The van der Waals surface area contributed by atoms with Gasteiger partial charge in [-0.15, -0.1) is 0 Å². The summed E-state index contributed by atoms with van der Waals surface area (Å²) in [5, 5.41) is 0.504. The molecule has 4 rings (SSSR count). The third kappa shape index (κ3) is 4.12. The molecule has 1 fully saturated rings. The molecule has 0 N–H and O–H groups in total. The van der Waals surface area contributed by atoms with Crippen LogP contribution < -0.4 is 5.43 Å². The number of sulfone groups is 1. The normalized spacial score (nSPS) is 14.0. The second kappa shape index (κ2) is 6.71. The van der Waals surface area contributed by atoms with E-state index in [0.29, 0.717) is 33.6 Å². The van der Waals surface area contributed by atoms with Gasteiger partial charge in [0, 0.05) is 17.7 Å². The monoisotopic (exact) mass is 378 g/mol. The van der Waals surface area contributed by atoms with Gasteiger partial charge in [-0.05, 0) is 42.2 Å². The van der Waals surface area contributed by atoms with Gasteiger partial charge >= 0.3 is 0 Å². The van der Waals surface area contributed by atoms with Crippen molar-refractivity contribution in [1.82, 2.24) is 0 Å². The summed E-state index contributed by atoms with van der Waals surface area (Å²) >= 11 is 0. The van der Waals surface area contributed by atoms with Crippen molar-refractivity contribution < 1.29 is 12.8 Å². The third-order valence-electron chi connectivity index (χ3n) is 4.47. The van der Waals surface area contributed by atoms with E-state index in [4.69, 9.17) is 4.42 Å². The van der Waals surface area contributed by atoms with Gasteiger partial charge in [-0.2, -0.15) is 0 Å². The molecule has 1 saturated carbocycles. The molecule has 4 nitrogen and oxygen atoms in total. The Labute approximate surface area is 157 Å². The molecule has 0 amide bonds. The Morgan fingerprint density at radius 2 is 1.85 bits per heavy atom. The van der Waals surface area contributed by atoms with Crippen molar-refractivity contribution in [3.63, 3.8) is 0 Å². The minimum absolute atomic E-state index is 0.0235. The predicted octanol–water partition coefficient (Wildman–Crippen LogP) is 3.77. The lowest BCUT2D eigenvalue weighted by Crippen LogP contribution is -2.05. The minimum atomic E-state index is -3.09. The highest BCUT2D eigenvalue weighted by Crippen LogP contribution is 2.28. The van der Waals surface area contributed by atoms with E-state index >= 15 is 0 Å². The highest BCUT2D eigenvalue weighted by Gasteiger charge is 2.17. The smallest absolute Gasteiger partial charge is 0.200 e. The van der Waals surface area contributed by atoms with E-state index in [9.17, 15) is 13.2 Å². The number of rotatable bonds is 3. The second-order valence-electron chi connectivity index (χ2n) is 7.00. The van der Waals surface area contributed by atoms with Crippen molar-refractivity contribution in [2.24, 2.45) is 5.92 Å². The molecule has 5 heteroatoms. The van der Waals surface area contributed by atoms with E-state index in [1.54, 1.807) is 36.4 Å². The zero-order chi connectivity index (χ0) is 19.0. The Hall–Kier alpha value is -2.84. The van der Waals surface area contributed by atoms with Crippen molar-refractivity contribution in [2.75, 3.05) is 6.26 Å². The molecule has 1 aliphatic rings. The molecule has 136 valence electrons. The van der Waals surface area contributed by atoms with Crippen LogP contribution in [0.3, 0.4) is 0 Å². The van der Waals surface area contributed by atoms with Crippen LogP contribution >= 0.6 is 0 Å². The van der Waals surface area contributed by atoms with E-state index in [1.807, 2.05) is 6.07 Å². The Bertz CT molecular complexity index is 1240. The Morgan fingerprint density at radius 3 is 2.52 bits per heavy atom. The van der Waals surface area contributed by atoms with Gasteiger partial charge in [0.25, 0.3) is 0 Å². The highest BCUT2D eigenvalue weighted by molar-refractivity contribution is 7.89. The van der Waals surface area contributed by atoms with Gasteiger partial charge in [-0.3, -0.25) is 4.79 Å². The van der Waals surface area contributed by atoms with E-state index in [2.05, 4.69) is 11.8 Å². The van der Waals surface area contributed by atoms with Gasteiger partial charge < -0.3 is 4.42 Å². The van der Waals surface area contributed by atoms with E-state index in [-0.39, 0.29) is 11.2 Å². The van der Waals surface area contributed by atoms with Crippen molar-refractivity contribution in [2.45, 2.75) is 18.6 Å².